The zero-order valence-corrected chi connectivity index (χ0v) is 17.9. The average molecular weight is 437 g/mol. The molecule has 1 aliphatic heterocycles. The summed E-state index contributed by atoms with van der Waals surface area (Å²) in [6, 6.07) is 15.8. The van der Waals surface area contributed by atoms with Crippen LogP contribution in [0.3, 0.4) is 0 Å². The van der Waals surface area contributed by atoms with Crippen LogP contribution < -0.4 is 4.74 Å². The van der Waals surface area contributed by atoms with Gasteiger partial charge in [0.2, 0.25) is 11.8 Å². The number of fused-ring (bicyclic) bond motifs is 2. The number of carbonyl (C=O) groups excluding carboxylic acids is 1. The molecule has 0 spiro atoms. The van der Waals surface area contributed by atoms with Gasteiger partial charge >= 0.3 is 0 Å². The number of hydrogen-bond donors (Lipinski definition) is 0. The van der Waals surface area contributed by atoms with E-state index in [-0.39, 0.29) is 12.0 Å². The smallest absolute Gasteiger partial charge is 0.233 e. The number of amides is 1. The molecule has 4 aromatic rings. The zero-order chi connectivity index (χ0) is 20.3. The second-order valence-electron chi connectivity index (χ2n) is 7.13. The minimum absolute atomic E-state index is 0.0569. The Labute approximate surface area is 182 Å². The lowest BCUT2D eigenvalue weighted by Gasteiger charge is -2.31. The Morgan fingerprint density at radius 3 is 2.57 bits per heavy atom. The Bertz CT molecular complexity index is 1150. The topological polar surface area (TPSA) is 68.2 Å². The first-order valence-electron chi connectivity index (χ1n) is 9.89. The molecular weight excluding hydrogens is 416 g/mol. The summed E-state index contributed by atoms with van der Waals surface area (Å²) in [5, 5.41) is 0. The summed E-state index contributed by atoms with van der Waals surface area (Å²) in [5.74, 6) is 1.12. The molecule has 1 aliphatic rings. The van der Waals surface area contributed by atoms with Crippen LogP contribution in [0.25, 0.3) is 21.3 Å². The summed E-state index contributed by atoms with van der Waals surface area (Å²) in [4.78, 5) is 28.1. The average Bonchev–Trinajstić information content (AvgIpc) is 3.21. The molecule has 2 aromatic carbocycles. The minimum Gasteiger partial charge on any atom is -0.473 e. The van der Waals surface area contributed by atoms with Gasteiger partial charge in [-0.3, -0.25) is 4.79 Å². The third kappa shape index (κ3) is 4.24. The largest absolute Gasteiger partial charge is 0.473 e. The highest BCUT2D eigenvalue weighted by Gasteiger charge is 2.24. The Hall–Kier alpha value is -2.71. The van der Waals surface area contributed by atoms with Crippen molar-refractivity contribution in [3.8, 4) is 5.88 Å². The van der Waals surface area contributed by atoms with E-state index in [0.717, 1.165) is 38.4 Å². The van der Waals surface area contributed by atoms with Crippen LogP contribution in [0.5, 0.6) is 5.88 Å². The number of nitrogens with zero attached hydrogens (tertiary/aromatic N) is 4. The summed E-state index contributed by atoms with van der Waals surface area (Å²) in [7, 11) is 0. The SMILES string of the molecule is O=C(CSc1nc2ccccc2s1)N1CCC(Oc2cnc3ccccc3n2)CC1. The Morgan fingerprint density at radius 1 is 1.03 bits per heavy atom. The summed E-state index contributed by atoms with van der Waals surface area (Å²) < 4.78 is 8.13. The van der Waals surface area contributed by atoms with E-state index in [4.69, 9.17) is 4.74 Å². The molecule has 8 heteroatoms. The lowest BCUT2D eigenvalue weighted by Crippen LogP contribution is -2.42. The molecule has 3 heterocycles. The Balaban J connectivity index is 1.12. The van der Waals surface area contributed by atoms with E-state index in [2.05, 4.69) is 21.0 Å². The highest BCUT2D eigenvalue weighted by Crippen LogP contribution is 2.29. The number of likely N-dealkylation sites (tertiary alicyclic amines) is 1. The summed E-state index contributed by atoms with van der Waals surface area (Å²) in [6.07, 6.45) is 3.33. The summed E-state index contributed by atoms with van der Waals surface area (Å²) >= 11 is 3.16. The molecule has 0 aliphatic carbocycles. The number of thiazole rings is 1. The Kier molecular flexibility index (Phi) is 5.50. The van der Waals surface area contributed by atoms with Gasteiger partial charge in [0, 0.05) is 25.9 Å². The first-order valence-corrected chi connectivity index (χ1v) is 11.7. The zero-order valence-electron chi connectivity index (χ0n) is 16.2. The predicted molar refractivity (Wildman–Crippen MR) is 120 cm³/mol. The van der Waals surface area contributed by atoms with Crippen molar-refractivity contribution in [3.63, 3.8) is 0 Å². The maximum Gasteiger partial charge on any atom is 0.233 e. The van der Waals surface area contributed by atoms with Crippen LogP contribution in [0.15, 0.2) is 59.1 Å². The van der Waals surface area contributed by atoms with E-state index in [0.29, 0.717) is 24.7 Å². The molecule has 0 N–H and O–H groups in total. The van der Waals surface area contributed by atoms with Crippen LogP contribution in [-0.4, -0.2) is 50.7 Å². The van der Waals surface area contributed by atoms with Gasteiger partial charge in [-0.15, -0.1) is 11.3 Å². The quantitative estimate of drug-likeness (QED) is 0.432. The fraction of sp³-hybridized carbons (Fsp3) is 0.273. The monoisotopic (exact) mass is 436 g/mol. The molecule has 152 valence electrons. The van der Waals surface area contributed by atoms with Gasteiger partial charge in [0.1, 0.15) is 6.10 Å². The minimum atomic E-state index is 0.0569. The van der Waals surface area contributed by atoms with E-state index in [9.17, 15) is 4.79 Å². The van der Waals surface area contributed by atoms with Crippen LogP contribution in [-0.2, 0) is 4.79 Å². The van der Waals surface area contributed by atoms with Gasteiger partial charge in [-0.25, -0.2) is 15.0 Å². The van der Waals surface area contributed by atoms with Gasteiger partial charge in [0.15, 0.2) is 4.34 Å². The molecule has 0 unspecified atom stereocenters. The van der Waals surface area contributed by atoms with Crippen molar-refractivity contribution in [1.29, 1.82) is 0 Å². The third-order valence-electron chi connectivity index (χ3n) is 5.10. The van der Waals surface area contributed by atoms with Crippen LogP contribution in [0.2, 0.25) is 0 Å². The Morgan fingerprint density at radius 2 is 1.77 bits per heavy atom. The number of aromatic nitrogens is 3. The maximum atomic E-state index is 12.6. The van der Waals surface area contributed by atoms with Gasteiger partial charge in [-0.2, -0.15) is 0 Å². The van der Waals surface area contributed by atoms with Crippen LogP contribution in [0.4, 0.5) is 0 Å². The summed E-state index contributed by atoms with van der Waals surface area (Å²) in [5.41, 5.74) is 2.68. The standard InChI is InChI=1S/C22H20N4O2S2/c27-21(14-29-22-25-18-7-3-4-8-19(18)30-22)26-11-9-15(10-12-26)28-20-13-23-16-5-1-2-6-17(16)24-20/h1-8,13,15H,9-12,14H2. The van der Waals surface area contributed by atoms with Crippen molar-refractivity contribution in [3.05, 3.63) is 54.7 Å². The van der Waals surface area contributed by atoms with Crippen molar-refractivity contribution < 1.29 is 9.53 Å². The maximum absolute atomic E-state index is 12.6. The van der Waals surface area contributed by atoms with Crippen molar-refractivity contribution >= 4 is 50.3 Å². The van der Waals surface area contributed by atoms with Crippen molar-refractivity contribution in [1.82, 2.24) is 19.9 Å². The molecule has 0 bridgehead atoms. The third-order valence-corrected chi connectivity index (χ3v) is 7.27. The fourth-order valence-electron chi connectivity index (χ4n) is 3.52. The molecule has 30 heavy (non-hydrogen) atoms. The van der Waals surface area contributed by atoms with Crippen LogP contribution in [0, 0.1) is 0 Å². The van der Waals surface area contributed by atoms with E-state index in [1.807, 2.05) is 47.4 Å². The molecule has 0 atom stereocenters. The molecule has 0 radical (unpaired) electrons. The number of hydrogen-bond acceptors (Lipinski definition) is 7. The van der Waals surface area contributed by atoms with Crippen molar-refractivity contribution in [2.75, 3.05) is 18.8 Å². The number of rotatable bonds is 5. The second-order valence-corrected chi connectivity index (χ2v) is 9.38. The van der Waals surface area contributed by atoms with Gasteiger partial charge in [0.05, 0.1) is 33.2 Å². The van der Waals surface area contributed by atoms with E-state index in [1.165, 1.54) is 11.8 Å². The normalized spacial score (nSPS) is 15.0. The molecular formula is C22H20N4O2S2. The highest BCUT2D eigenvalue weighted by molar-refractivity contribution is 8.01. The first kappa shape index (κ1) is 19.3. The molecule has 0 saturated carbocycles. The lowest BCUT2D eigenvalue weighted by atomic mass is 10.1. The number of piperidine rings is 1. The lowest BCUT2D eigenvalue weighted by molar-refractivity contribution is -0.130. The summed E-state index contributed by atoms with van der Waals surface area (Å²) in [6.45, 7) is 1.40. The second kappa shape index (κ2) is 8.57. The van der Waals surface area contributed by atoms with Gasteiger partial charge in [-0.1, -0.05) is 36.0 Å². The molecule has 6 nitrogen and oxygen atoms in total. The highest BCUT2D eigenvalue weighted by atomic mass is 32.2. The molecule has 1 saturated heterocycles. The van der Waals surface area contributed by atoms with Gasteiger partial charge < -0.3 is 9.64 Å². The molecule has 1 amide bonds. The van der Waals surface area contributed by atoms with E-state index < -0.39 is 0 Å². The van der Waals surface area contributed by atoms with Crippen LogP contribution in [0.1, 0.15) is 12.8 Å². The predicted octanol–water partition coefficient (Wildman–Crippen LogP) is 4.40. The first-order chi connectivity index (χ1) is 14.7. The number of ether oxygens (including phenoxy) is 1. The number of thioether (sulfide) groups is 1. The van der Waals surface area contributed by atoms with Crippen LogP contribution >= 0.6 is 23.1 Å². The van der Waals surface area contributed by atoms with Crippen molar-refractivity contribution in [2.24, 2.45) is 0 Å². The molecule has 1 fully saturated rings. The number of benzene rings is 2. The van der Waals surface area contributed by atoms with Gasteiger partial charge in [-0.05, 0) is 24.3 Å². The molecule has 5 rings (SSSR count). The van der Waals surface area contributed by atoms with Gasteiger partial charge in [0.25, 0.3) is 0 Å². The fourth-order valence-corrected chi connectivity index (χ4v) is 5.49. The molecule has 2 aromatic heterocycles. The van der Waals surface area contributed by atoms with Crippen molar-refractivity contribution in [2.45, 2.75) is 23.3 Å². The van der Waals surface area contributed by atoms with E-state index in [1.54, 1.807) is 17.5 Å². The number of para-hydroxylation sites is 3. The van der Waals surface area contributed by atoms with E-state index >= 15 is 0 Å². The number of carbonyl (C=O) groups is 1.